The number of carbonyl (C=O) groups excluding carboxylic acids is 4. The van der Waals surface area contributed by atoms with Crippen LogP contribution in [0.2, 0.25) is 0 Å². The predicted molar refractivity (Wildman–Crippen MR) is 128 cm³/mol. The fourth-order valence-electron chi connectivity index (χ4n) is 3.97. The van der Waals surface area contributed by atoms with Crippen LogP contribution < -0.4 is 15.0 Å². The van der Waals surface area contributed by atoms with E-state index in [1.54, 1.807) is 72.8 Å². The molecule has 184 valence electrons. The summed E-state index contributed by atoms with van der Waals surface area (Å²) in [5.74, 6) is -1.64. The van der Waals surface area contributed by atoms with Crippen LogP contribution in [-0.2, 0) is 9.63 Å². The average Bonchev–Trinajstić information content (AvgIpc) is 3.16. The largest absolute Gasteiger partial charge is 0.493 e. The van der Waals surface area contributed by atoms with Gasteiger partial charge in [-0.1, -0.05) is 36.4 Å². The van der Waals surface area contributed by atoms with E-state index < -0.39 is 29.7 Å². The number of imide groups is 1. The van der Waals surface area contributed by atoms with Gasteiger partial charge in [0.05, 0.1) is 42.9 Å². The molecule has 3 aromatic carbocycles. The molecule has 1 atom stereocenters. The molecule has 1 aliphatic rings. The van der Waals surface area contributed by atoms with Crippen molar-refractivity contribution in [3.05, 3.63) is 95.1 Å². The zero-order chi connectivity index (χ0) is 25.7. The summed E-state index contributed by atoms with van der Waals surface area (Å²) < 4.78 is 11.0. The number of benzene rings is 3. The fraction of sp³-hybridized carbons (Fsp3) is 0.185. The Labute approximate surface area is 207 Å². The van der Waals surface area contributed by atoms with Crippen molar-refractivity contribution in [1.29, 1.82) is 0 Å². The first-order valence-corrected chi connectivity index (χ1v) is 11.3. The van der Waals surface area contributed by atoms with Gasteiger partial charge in [-0.15, -0.1) is 0 Å². The zero-order valence-electron chi connectivity index (χ0n) is 19.7. The van der Waals surface area contributed by atoms with Gasteiger partial charge in [0, 0.05) is 0 Å². The molecule has 0 saturated carbocycles. The molecule has 0 bridgehead atoms. The molecule has 1 heterocycles. The average molecular weight is 488 g/mol. The lowest BCUT2D eigenvalue weighted by Crippen LogP contribution is -2.38. The van der Waals surface area contributed by atoms with Gasteiger partial charge in [0.15, 0.2) is 11.5 Å². The smallest absolute Gasteiger partial charge is 0.362 e. The molecule has 36 heavy (non-hydrogen) atoms. The van der Waals surface area contributed by atoms with E-state index >= 15 is 0 Å². The van der Waals surface area contributed by atoms with Crippen LogP contribution in [0.15, 0.2) is 72.8 Å². The summed E-state index contributed by atoms with van der Waals surface area (Å²) in [6.07, 6.45) is -0.356. The van der Waals surface area contributed by atoms with E-state index in [1.165, 1.54) is 7.11 Å². The monoisotopic (exact) mass is 488 g/mol. The van der Waals surface area contributed by atoms with E-state index in [1.807, 2.05) is 6.92 Å². The Morgan fingerprint density at radius 2 is 1.53 bits per heavy atom. The Bertz CT molecular complexity index is 1270. The van der Waals surface area contributed by atoms with Gasteiger partial charge < -0.3 is 14.3 Å². The number of hydroxylamine groups is 1. The van der Waals surface area contributed by atoms with Crippen molar-refractivity contribution in [2.75, 3.05) is 13.7 Å². The number of fused-ring (bicyclic) bond motifs is 1. The first-order chi connectivity index (χ1) is 17.4. The number of carbonyl (C=O) groups is 4. The maximum atomic E-state index is 13.2. The van der Waals surface area contributed by atoms with Crippen LogP contribution in [0.25, 0.3) is 0 Å². The van der Waals surface area contributed by atoms with Crippen LogP contribution in [0, 0.1) is 0 Å². The lowest BCUT2D eigenvalue weighted by molar-refractivity contribution is -0.130. The van der Waals surface area contributed by atoms with Gasteiger partial charge in [-0.05, 0) is 48.9 Å². The minimum atomic E-state index is -1.00. The van der Waals surface area contributed by atoms with E-state index in [-0.39, 0.29) is 23.1 Å². The van der Waals surface area contributed by atoms with E-state index in [4.69, 9.17) is 14.3 Å². The zero-order valence-corrected chi connectivity index (χ0v) is 19.7. The second-order valence-electron chi connectivity index (χ2n) is 7.87. The number of nitrogens with one attached hydrogen (secondary N) is 1. The summed E-state index contributed by atoms with van der Waals surface area (Å²) in [6.45, 7) is 2.16. The van der Waals surface area contributed by atoms with Crippen LogP contribution in [-0.4, -0.2) is 42.3 Å². The van der Waals surface area contributed by atoms with Gasteiger partial charge in [0.1, 0.15) is 0 Å². The topological polar surface area (TPSA) is 111 Å². The summed E-state index contributed by atoms with van der Waals surface area (Å²) >= 11 is 0. The maximum absolute atomic E-state index is 13.2. The van der Waals surface area contributed by atoms with Crippen LogP contribution >= 0.6 is 0 Å². The van der Waals surface area contributed by atoms with Gasteiger partial charge in [-0.25, -0.2) is 4.79 Å². The van der Waals surface area contributed by atoms with Gasteiger partial charge in [-0.3, -0.25) is 19.3 Å². The molecule has 0 aromatic heterocycles. The van der Waals surface area contributed by atoms with Crippen molar-refractivity contribution in [2.45, 2.75) is 19.4 Å². The Morgan fingerprint density at radius 3 is 2.14 bits per heavy atom. The standard InChI is InChI=1S/C27H24N2O7/c1-3-35-23-15-18(13-14-22(23)34-2)21(29-25(31)19-11-7-8-12-20(19)26(29)32)16-24(30)28-36-27(33)17-9-5-4-6-10-17/h4-15,21H,3,16H2,1-2H3,(H,28,30)/t21-/m1/s1. The van der Waals surface area contributed by atoms with Crippen molar-refractivity contribution < 1.29 is 33.5 Å². The van der Waals surface area contributed by atoms with Crippen LogP contribution in [0.5, 0.6) is 11.5 Å². The number of ether oxygens (including phenoxy) is 2. The highest BCUT2D eigenvalue weighted by atomic mass is 16.7. The highest BCUT2D eigenvalue weighted by molar-refractivity contribution is 6.21. The van der Waals surface area contributed by atoms with E-state index in [9.17, 15) is 19.2 Å². The molecule has 3 amide bonds. The van der Waals surface area contributed by atoms with Crippen molar-refractivity contribution in [3.63, 3.8) is 0 Å². The number of amides is 3. The number of methoxy groups -OCH3 is 1. The lowest BCUT2D eigenvalue weighted by Gasteiger charge is -2.27. The normalized spacial score (nSPS) is 13.1. The third kappa shape index (κ3) is 4.90. The molecule has 4 rings (SSSR count). The van der Waals surface area contributed by atoms with Crippen molar-refractivity contribution >= 4 is 23.7 Å². The summed E-state index contributed by atoms with van der Waals surface area (Å²) in [5.41, 5.74) is 3.35. The van der Waals surface area contributed by atoms with Gasteiger partial charge in [0.25, 0.3) is 17.7 Å². The number of nitrogens with zero attached hydrogens (tertiary/aromatic N) is 1. The van der Waals surface area contributed by atoms with Crippen molar-refractivity contribution in [3.8, 4) is 11.5 Å². The van der Waals surface area contributed by atoms with Gasteiger partial charge >= 0.3 is 5.97 Å². The summed E-state index contributed by atoms with van der Waals surface area (Å²) in [5, 5.41) is 0. The highest BCUT2D eigenvalue weighted by Crippen LogP contribution is 2.37. The minimum Gasteiger partial charge on any atom is -0.493 e. The third-order valence-electron chi connectivity index (χ3n) is 5.66. The van der Waals surface area contributed by atoms with Crippen LogP contribution in [0.1, 0.15) is 56.0 Å². The highest BCUT2D eigenvalue weighted by Gasteiger charge is 2.41. The molecule has 9 heteroatoms. The lowest BCUT2D eigenvalue weighted by atomic mass is 10.0. The summed E-state index contributed by atoms with van der Waals surface area (Å²) in [6, 6.07) is 18.5. The summed E-state index contributed by atoms with van der Waals surface area (Å²) in [4.78, 5) is 57.5. The molecule has 0 spiro atoms. The van der Waals surface area contributed by atoms with Gasteiger partial charge in [0.2, 0.25) is 0 Å². The molecule has 0 radical (unpaired) electrons. The molecule has 3 aromatic rings. The fourth-order valence-corrected chi connectivity index (χ4v) is 3.97. The first kappa shape index (κ1) is 24.5. The Hall–Kier alpha value is -4.66. The van der Waals surface area contributed by atoms with E-state index in [2.05, 4.69) is 5.48 Å². The Balaban J connectivity index is 1.62. The molecule has 0 unspecified atom stereocenters. The van der Waals surface area contributed by atoms with Crippen LogP contribution in [0.3, 0.4) is 0 Å². The van der Waals surface area contributed by atoms with Crippen molar-refractivity contribution in [2.24, 2.45) is 0 Å². The summed E-state index contributed by atoms with van der Waals surface area (Å²) in [7, 11) is 1.49. The number of hydrogen-bond acceptors (Lipinski definition) is 7. The van der Waals surface area contributed by atoms with E-state index in [0.29, 0.717) is 23.7 Å². The molecule has 0 fully saturated rings. The van der Waals surface area contributed by atoms with E-state index in [0.717, 1.165) is 4.90 Å². The molecular formula is C27H24N2O7. The first-order valence-electron chi connectivity index (χ1n) is 11.3. The second kappa shape index (κ2) is 10.7. The predicted octanol–water partition coefficient (Wildman–Crippen LogP) is 3.71. The SMILES string of the molecule is CCOc1cc([C@@H](CC(=O)NOC(=O)c2ccccc2)N2C(=O)c3ccccc3C2=O)ccc1OC. The van der Waals surface area contributed by atoms with Crippen molar-refractivity contribution in [1.82, 2.24) is 10.4 Å². The quantitative estimate of drug-likeness (QED) is 0.380. The molecule has 0 aliphatic carbocycles. The Morgan fingerprint density at radius 1 is 0.889 bits per heavy atom. The van der Waals surface area contributed by atoms with Gasteiger partial charge in [-0.2, -0.15) is 5.48 Å². The molecule has 9 nitrogen and oxygen atoms in total. The second-order valence-corrected chi connectivity index (χ2v) is 7.87. The molecular weight excluding hydrogens is 464 g/mol. The maximum Gasteiger partial charge on any atom is 0.362 e. The third-order valence-corrected chi connectivity index (χ3v) is 5.66. The number of rotatable bonds is 8. The minimum absolute atomic E-state index is 0.252. The van der Waals surface area contributed by atoms with Crippen LogP contribution in [0.4, 0.5) is 0 Å². The Kier molecular flexibility index (Phi) is 7.29. The molecule has 0 saturated heterocycles. The molecule has 1 N–H and O–H groups in total. The number of hydrogen-bond donors (Lipinski definition) is 1. The molecule has 1 aliphatic heterocycles.